The maximum absolute atomic E-state index is 14.4. The van der Waals surface area contributed by atoms with Crippen molar-refractivity contribution in [1.29, 1.82) is 0 Å². The fourth-order valence-corrected chi connectivity index (χ4v) is 2.86. The lowest BCUT2D eigenvalue weighted by Gasteiger charge is -2.11. The molecule has 180 valence electrons. The molecule has 0 heterocycles. The standard InChI is InChI=1S/C21H12ClF3N4O6/c22-12-8-10(29(33)34)4-7-17(12)35-11-5-6-16(15(25)9-11)26-20(31)28-21(32)27-19(30)18-13(23)2-1-3-14(18)24/h1-9H,(H3,26,27,28,30,31,32). The second-order valence-electron chi connectivity index (χ2n) is 6.57. The number of halogens is 4. The number of anilines is 1. The van der Waals surface area contributed by atoms with E-state index in [1.807, 2.05) is 5.32 Å². The van der Waals surface area contributed by atoms with Crippen molar-refractivity contribution in [3.8, 4) is 11.5 Å². The number of carbonyl (C=O) groups excluding carboxylic acids is 3. The summed E-state index contributed by atoms with van der Waals surface area (Å²) in [5.74, 6) is -4.95. The van der Waals surface area contributed by atoms with E-state index < -0.39 is 51.6 Å². The first-order valence-electron chi connectivity index (χ1n) is 9.34. The SMILES string of the molecule is O=C(NC(=O)Nc1ccc(Oc2ccc([N+](=O)[O-])cc2Cl)cc1F)NC(=O)c1c(F)cccc1F. The lowest BCUT2D eigenvalue weighted by molar-refractivity contribution is -0.384. The van der Waals surface area contributed by atoms with Crippen LogP contribution in [0.1, 0.15) is 10.4 Å². The van der Waals surface area contributed by atoms with E-state index in [4.69, 9.17) is 16.3 Å². The highest BCUT2D eigenvalue weighted by atomic mass is 35.5. The molecular weight excluding hydrogens is 497 g/mol. The van der Waals surface area contributed by atoms with Crippen LogP contribution in [0.2, 0.25) is 5.02 Å². The molecule has 3 rings (SSSR count). The fourth-order valence-electron chi connectivity index (χ4n) is 2.64. The number of urea groups is 2. The molecule has 3 N–H and O–H groups in total. The van der Waals surface area contributed by atoms with Gasteiger partial charge in [0.1, 0.15) is 34.5 Å². The van der Waals surface area contributed by atoms with Gasteiger partial charge in [-0.25, -0.2) is 22.8 Å². The number of nitro benzene ring substituents is 1. The quantitative estimate of drug-likeness (QED) is 0.322. The summed E-state index contributed by atoms with van der Waals surface area (Å²) in [4.78, 5) is 45.6. The Bertz CT molecular complexity index is 1330. The minimum Gasteiger partial charge on any atom is -0.456 e. The third-order valence-corrected chi connectivity index (χ3v) is 4.48. The number of imide groups is 2. The Morgan fingerprint density at radius 3 is 2.17 bits per heavy atom. The number of nitrogens with zero attached hydrogens (tertiary/aromatic N) is 1. The summed E-state index contributed by atoms with van der Waals surface area (Å²) < 4.78 is 46.9. The predicted molar refractivity (Wildman–Crippen MR) is 116 cm³/mol. The van der Waals surface area contributed by atoms with E-state index in [-0.39, 0.29) is 22.2 Å². The van der Waals surface area contributed by atoms with Crippen molar-refractivity contribution in [3.05, 3.63) is 92.7 Å². The average Bonchev–Trinajstić information content (AvgIpc) is 2.76. The molecule has 3 aromatic rings. The predicted octanol–water partition coefficient (Wildman–Crippen LogP) is 5.13. The Hall–Kier alpha value is -4.65. The van der Waals surface area contributed by atoms with Gasteiger partial charge in [-0.05, 0) is 30.3 Å². The monoisotopic (exact) mass is 508 g/mol. The van der Waals surface area contributed by atoms with Gasteiger partial charge in [0.15, 0.2) is 0 Å². The minimum atomic E-state index is -1.44. The number of non-ortho nitro benzene ring substituents is 1. The van der Waals surface area contributed by atoms with Crippen LogP contribution in [0.15, 0.2) is 54.6 Å². The Labute approximate surface area is 198 Å². The van der Waals surface area contributed by atoms with Crippen LogP contribution in [0.25, 0.3) is 0 Å². The molecule has 0 aliphatic rings. The van der Waals surface area contributed by atoms with E-state index in [9.17, 15) is 37.7 Å². The number of carbonyl (C=O) groups is 3. The highest BCUT2D eigenvalue weighted by Crippen LogP contribution is 2.33. The molecule has 0 aromatic heterocycles. The second-order valence-corrected chi connectivity index (χ2v) is 6.98. The number of nitro groups is 1. The first-order valence-corrected chi connectivity index (χ1v) is 9.71. The van der Waals surface area contributed by atoms with E-state index in [0.717, 1.165) is 42.5 Å². The van der Waals surface area contributed by atoms with Crippen molar-refractivity contribution in [2.75, 3.05) is 5.32 Å². The van der Waals surface area contributed by atoms with Gasteiger partial charge in [0, 0.05) is 18.2 Å². The van der Waals surface area contributed by atoms with Gasteiger partial charge >= 0.3 is 12.1 Å². The maximum Gasteiger partial charge on any atom is 0.329 e. The molecule has 0 radical (unpaired) electrons. The normalized spacial score (nSPS) is 10.3. The highest BCUT2D eigenvalue weighted by molar-refractivity contribution is 6.32. The van der Waals surface area contributed by atoms with Gasteiger partial charge in [-0.3, -0.25) is 25.5 Å². The number of nitrogens with one attached hydrogen (secondary N) is 3. The zero-order chi connectivity index (χ0) is 25.7. The van der Waals surface area contributed by atoms with Crippen molar-refractivity contribution in [3.63, 3.8) is 0 Å². The van der Waals surface area contributed by atoms with Crippen LogP contribution < -0.4 is 20.7 Å². The van der Waals surface area contributed by atoms with Gasteiger partial charge in [0.2, 0.25) is 0 Å². The van der Waals surface area contributed by atoms with Crippen LogP contribution >= 0.6 is 11.6 Å². The van der Waals surface area contributed by atoms with Gasteiger partial charge in [0.25, 0.3) is 11.6 Å². The van der Waals surface area contributed by atoms with Gasteiger partial charge in [0.05, 0.1) is 15.6 Å². The number of hydrogen-bond acceptors (Lipinski definition) is 6. The van der Waals surface area contributed by atoms with Crippen LogP contribution in [0.3, 0.4) is 0 Å². The molecule has 0 spiro atoms. The summed E-state index contributed by atoms with van der Waals surface area (Å²) in [5, 5.41) is 15.8. The molecule has 0 aliphatic carbocycles. The summed E-state index contributed by atoms with van der Waals surface area (Å²) in [6.07, 6.45) is 0. The lowest BCUT2D eigenvalue weighted by Crippen LogP contribution is -2.44. The number of rotatable bonds is 5. The van der Waals surface area contributed by atoms with E-state index in [0.29, 0.717) is 0 Å². The van der Waals surface area contributed by atoms with E-state index in [1.54, 1.807) is 10.6 Å². The smallest absolute Gasteiger partial charge is 0.329 e. The molecule has 0 atom stereocenters. The van der Waals surface area contributed by atoms with Gasteiger partial charge < -0.3 is 10.1 Å². The third kappa shape index (κ3) is 6.23. The molecule has 35 heavy (non-hydrogen) atoms. The molecular formula is C21H12ClF3N4O6. The van der Waals surface area contributed by atoms with Crippen LogP contribution in [-0.4, -0.2) is 22.9 Å². The Morgan fingerprint density at radius 2 is 1.57 bits per heavy atom. The molecule has 5 amide bonds. The number of benzene rings is 3. The summed E-state index contributed by atoms with van der Waals surface area (Å²) in [6, 6.07) is 6.46. The first kappa shape index (κ1) is 25.0. The number of ether oxygens (including phenoxy) is 1. The van der Waals surface area contributed by atoms with Crippen molar-refractivity contribution in [2.45, 2.75) is 0 Å². The van der Waals surface area contributed by atoms with Crippen molar-refractivity contribution >= 4 is 40.9 Å². The molecule has 0 aliphatic heterocycles. The molecule has 0 bridgehead atoms. The summed E-state index contributed by atoms with van der Waals surface area (Å²) in [7, 11) is 0. The van der Waals surface area contributed by atoms with Gasteiger partial charge in [-0.15, -0.1) is 0 Å². The molecule has 0 saturated carbocycles. The number of amides is 5. The van der Waals surface area contributed by atoms with Crippen LogP contribution in [-0.2, 0) is 0 Å². The number of hydrogen-bond donors (Lipinski definition) is 3. The third-order valence-electron chi connectivity index (χ3n) is 4.19. The molecule has 0 unspecified atom stereocenters. The van der Waals surface area contributed by atoms with E-state index >= 15 is 0 Å². The Kier molecular flexibility index (Phi) is 7.51. The molecule has 14 heteroatoms. The maximum atomic E-state index is 14.4. The van der Waals surface area contributed by atoms with Crippen molar-refractivity contribution < 1.29 is 37.2 Å². The zero-order valence-electron chi connectivity index (χ0n) is 17.1. The topological polar surface area (TPSA) is 140 Å². The average molecular weight is 509 g/mol. The molecule has 3 aromatic carbocycles. The van der Waals surface area contributed by atoms with Crippen LogP contribution in [0, 0.1) is 27.6 Å². The van der Waals surface area contributed by atoms with Crippen molar-refractivity contribution in [1.82, 2.24) is 10.6 Å². The molecule has 0 saturated heterocycles. The van der Waals surface area contributed by atoms with E-state index in [1.165, 1.54) is 12.1 Å². The van der Waals surface area contributed by atoms with E-state index in [2.05, 4.69) is 0 Å². The lowest BCUT2D eigenvalue weighted by atomic mass is 10.2. The summed E-state index contributed by atoms with van der Waals surface area (Å²) >= 11 is 5.91. The second kappa shape index (κ2) is 10.5. The minimum absolute atomic E-state index is 0.00254. The molecule has 0 fully saturated rings. The Morgan fingerprint density at radius 1 is 0.886 bits per heavy atom. The van der Waals surface area contributed by atoms with Crippen LogP contribution in [0.4, 0.5) is 34.1 Å². The van der Waals surface area contributed by atoms with Crippen LogP contribution in [0.5, 0.6) is 11.5 Å². The Balaban J connectivity index is 1.60. The fraction of sp³-hybridized carbons (Fsp3) is 0. The van der Waals surface area contributed by atoms with Gasteiger partial charge in [-0.1, -0.05) is 17.7 Å². The zero-order valence-corrected chi connectivity index (χ0v) is 17.9. The summed E-state index contributed by atoms with van der Waals surface area (Å²) in [6.45, 7) is 0. The highest BCUT2D eigenvalue weighted by Gasteiger charge is 2.20. The summed E-state index contributed by atoms with van der Waals surface area (Å²) in [5.41, 5.74) is -1.70. The largest absolute Gasteiger partial charge is 0.456 e. The first-order chi connectivity index (χ1) is 16.5. The molecule has 10 nitrogen and oxygen atoms in total. The van der Waals surface area contributed by atoms with Crippen molar-refractivity contribution in [2.24, 2.45) is 0 Å². The van der Waals surface area contributed by atoms with Gasteiger partial charge in [-0.2, -0.15) is 0 Å².